The molecule has 0 fully saturated rings. The molecule has 3 aliphatic heterocycles. The average molecular weight is 850 g/mol. The van der Waals surface area contributed by atoms with Gasteiger partial charge in [0.15, 0.2) is 9.87 Å². The third kappa shape index (κ3) is 10.8. The van der Waals surface area contributed by atoms with E-state index in [9.17, 15) is 0 Å². The van der Waals surface area contributed by atoms with Gasteiger partial charge < -0.3 is 39.9 Å². The molecule has 10 nitrogen and oxygen atoms in total. The van der Waals surface area contributed by atoms with Gasteiger partial charge in [-0.15, -0.1) is 11.6 Å². The Labute approximate surface area is 364 Å². The molecule has 2 aromatic heterocycles. The molecule has 4 aromatic rings. The smallest absolute Gasteiger partial charge is 0.181 e. The molecule has 0 aliphatic carbocycles. The first-order chi connectivity index (χ1) is 29.1. The van der Waals surface area contributed by atoms with E-state index in [2.05, 4.69) is 88.9 Å². The lowest BCUT2D eigenvalue weighted by atomic mass is 9.87. The molecule has 2 unspecified atom stereocenters. The van der Waals surface area contributed by atoms with Crippen LogP contribution in [0.5, 0.6) is 11.5 Å². The number of aliphatic imine (C=N–C) groups is 2. The van der Waals surface area contributed by atoms with Gasteiger partial charge in [-0.25, -0.2) is 4.99 Å². The minimum absolute atomic E-state index is 0.613. The Bertz CT molecular complexity index is 2340. The number of hydrogen-bond donors (Lipinski definition) is 4. The number of H-pyrrole nitrogens is 2. The lowest BCUT2D eigenvalue weighted by Crippen LogP contribution is -2.41. The van der Waals surface area contributed by atoms with Gasteiger partial charge in [0, 0.05) is 27.7 Å². The molecule has 7 rings (SSSR count). The minimum atomic E-state index is -1.35. The monoisotopic (exact) mass is 848 g/mol. The summed E-state index contributed by atoms with van der Waals surface area (Å²) in [6.45, 7) is 7.29. The number of ether oxygens (including phenoxy) is 2. The number of fused-ring (bicyclic) bond motifs is 6. The Hall–Kier alpha value is -4.68. The van der Waals surface area contributed by atoms with Crippen molar-refractivity contribution < 1.29 is 9.47 Å². The van der Waals surface area contributed by atoms with Crippen LogP contribution in [0.3, 0.4) is 0 Å². The van der Waals surface area contributed by atoms with E-state index in [4.69, 9.17) is 42.7 Å². The van der Waals surface area contributed by atoms with Crippen molar-refractivity contribution in [3.8, 4) is 11.5 Å². The van der Waals surface area contributed by atoms with E-state index in [1.165, 1.54) is 0 Å². The largest absolute Gasteiger partial charge is 0.494 e. The van der Waals surface area contributed by atoms with Crippen molar-refractivity contribution in [2.75, 3.05) is 80.7 Å². The summed E-state index contributed by atoms with van der Waals surface area (Å²) >= 11 is 15.3. The Morgan fingerprint density at radius 3 is 1.95 bits per heavy atom. The highest BCUT2D eigenvalue weighted by molar-refractivity contribution is 6.38. The van der Waals surface area contributed by atoms with Gasteiger partial charge in [0.2, 0.25) is 0 Å². The Kier molecular flexibility index (Phi) is 14.7. The summed E-state index contributed by atoms with van der Waals surface area (Å²) in [7, 11) is 8.40. The van der Waals surface area contributed by atoms with E-state index in [0.717, 1.165) is 121 Å². The zero-order valence-corrected chi connectivity index (χ0v) is 36.8. The third-order valence-corrected chi connectivity index (χ3v) is 12.0. The second kappa shape index (κ2) is 20.3. The van der Waals surface area contributed by atoms with Crippen molar-refractivity contribution in [1.82, 2.24) is 30.4 Å². The maximum Gasteiger partial charge on any atom is 0.181 e. The van der Waals surface area contributed by atoms with Crippen LogP contribution in [-0.2, 0) is 4.87 Å². The topological polar surface area (TPSA) is 105 Å². The average Bonchev–Trinajstić information content (AvgIpc) is 4.07. The van der Waals surface area contributed by atoms with Gasteiger partial charge in [-0.3, -0.25) is 4.99 Å². The van der Waals surface area contributed by atoms with Crippen molar-refractivity contribution in [2.24, 2.45) is 9.98 Å². The van der Waals surface area contributed by atoms with Crippen molar-refractivity contribution >= 4 is 46.3 Å². The molecule has 2 aromatic carbocycles. The molecule has 3 aliphatic rings. The molecule has 0 saturated heterocycles. The van der Waals surface area contributed by atoms with Crippen LogP contribution in [0, 0.1) is 0 Å². The summed E-state index contributed by atoms with van der Waals surface area (Å²) in [4.78, 5) is 19.1. The molecular formula is C48H58Cl2N8O2. The fourth-order valence-electron chi connectivity index (χ4n) is 7.54. The highest BCUT2D eigenvalue weighted by Crippen LogP contribution is 2.52. The van der Waals surface area contributed by atoms with Gasteiger partial charge in [-0.1, -0.05) is 35.9 Å². The summed E-state index contributed by atoms with van der Waals surface area (Å²) in [6.07, 6.45) is 16.0. The molecule has 2 atom stereocenters. The molecule has 5 heterocycles. The first kappa shape index (κ1) is 43.4. The maximum atomic E-state index is 7.80. The van der Waals surface area contributed by atoms with Crippen LogP contribution >= 0.6 is 23.2 Å². The zero-order valence-electron chi connectivity index (χ0n) is 35.2. The van der Waals surface area contributed by atoms with Crippen molar-refractivity contribution in [3.05, 3.63) is 142 Å². The normalized spacial score (nSPS) is 19.5. The zero-order chi connectivity index (χ0) is 42.0. The van der Waals surface area contributed by atoms with E-state index in [1.807, 2.05) is 78.9 Å². The van der Waals surface area contributed by atoms with Gasteiger partial charge in [0.25, 0.3) is 0 Å². The standard InChI is InChI=1S/C48H58Cl2N8O2/c1-57(2)29-5-25-51-27-7-31-59-41-16-9-35(10-17-41)46-43-20-13-37(53-43)33-39-15-22-45(55-39)48(50,47(49)24-23-40(56-47)34-38-14-21-44(46)54-38)36-11-18-42(19-12-36)60-32-8-28-52-26-6-30-58(3)4/h9-24,33-34,51-53,55H,5-8,25-32H2,1-4H3. The Balaban J connectivity index is 1.11. The van der Waals surface area contributed by atoms with Crippen molar-refractivity contribution in [1.29, 1.82) is 0 Å². The van der Waals surface area contributed by atoms with Gasteiger partial charge in [0.1, 0.15) is 11.5 Å². The highest BCUT2D eigenvalue weighted by Gasteiger charge is 2.53. The van der Waals surface area contributed by atoms with Gasteiger partial charge in [-0.2, -0.15) is 0 Å². The van der Waals surface area contributed by atoms with Gasteiger partial charge >= 0.3 is 0 Å². The number of rotatable bonds is 20. The minimum Gasteiger partial charge on any atom is -0.494 e. The third-order valence-electron chi connectivity index (χ3n) is 10.7. The molecule has 0 spiro atoms. The fourth-order valence-corrected chi connectivity index (χ4v) is 8.25. The van der Waals surface area contributed by atoms with Crippen LogP contribution in [0.25, 0.3) is 11.6 Å². The molecular weight excluding hydrogens is 791 g/mol. The molecule has 316 valence electrons. The Morgan fingerprint density at radius 2 is 1.30 bits per heavy atom. The molecule has 0 amide bonds. The number of nitrogens with one attached hydrogen (secondary N) is 4. The molecule has 12 heteroatoms. The summed E-state index contributed by atoms with van der Waals surface area (Å²) in [5.41, 5.74) is 6.65. The van der Waals surface area contributed by atoms with Crippen LogP contribution in [0.4, 0.5) is 0 Å². The number of hydrogen-bond acceptors (Lipinski definition) is 8. The summed E-state index contributed by atoms with van der Waals surface area (Å²) in [6, 6.07) is 24.3. The number of allylic oxidation sites excluding steroid dienone is 4. The van der Waals surface area contributed by atoms with Crippen molar-refractivity contribution in [3.63, 3.8) is 0 Å². The van der Waals surface area contributed by atoms with Crippen LogP contribution in [0.15, 0.2) is 119 Å². The highest BCUT2D eigenvalue weighted by atomic mass is 35.5. The van der Waals surface area contributed by atoms with Crippen LogP contribution in [-0.4, -0.2) is 117 Å². The molecule has 0 saturated carbocycles. The number of aromatic amines is 2. The van der Waals surface area contributed by atoms with E-state index < -0.39 is 9.87 Å². The predicted molar refractivity (Wildman–Crippen MR) is 249 cm³/mol. The molecule has 60 heavy (non-hydrogen) atoms. The van der Waals surface area contributed by atoms with E-state index >= 15 is 0 Å². The summed E-state index contributed by atoms with van der Waals surface area (Å²) < 4.78 is 12.2. The predicted octanol–water partition coefficient (Wildman–Crippen LogP) is 6.33. The lowest BCUT2D eigenvalue weighted by Gasteiger charge is -2.36. The SMILES string of the molecule is CN(C)CCCNCCCOc1ccc(C2=c3ccc([nH]3)=Cc3ccc([nH]3)C(Cl)(c3ccc(OCCCNCCCN(C)C)cc3)C3(Cl)C=CC(=N3)C=C3C=CC2=N3)cc1. The van der Waals surface area contributed by atoms with Gasteiger partial charge in [0.05, 0.1) is 30.3 Å². The van der Waals surface area contributed by atoms with E-state index in [0.29, 0.717) is 24.6 Å². The number of nitrogens with zero attached hydrogens (tertiary/aromatic N) is 4. The quantitative estimate of drug-likeness (QED) is 0.0472. The first-order valence-electron chi connectivity index (χ1n) is 21.0. The van der Waals surface area contributed by atoms with Crippen LogP contribution in [0.2, 0.25) is 0 Å². The first-order valence-corrected chi connectivity index (χ1v) is 21.8. The number of halogens is 2. The summed E-state index contributed by atoms with van der Waals surface area (Å²) in [5, 5.41) is 8.86. The number of alkyl halides is 2. The van der Waals surface area contributed by atoms with Crippen LogP contribution < -0.4 is 30.8 Å². The lowest BCUT2D eigenvalue weighted by molar-refractivity contribution is 0.307. The van der Waals surface area contributed by atoms with E-state index in [1.54, 1.807) is 0 Å². The fraction of sp³-hybridized carbons (Fsp3) is 0.375. The molecule has 4 N–H and O–H groups in total. The second-order valence-corrected chi connectivity index (χ2v) is 17.2. The summed E-state index contributed by atoms with van der Waals surface area (Å²) in [5.74, 6) is 1.61. The van der Waals surface area contributed by atoms with Gasteiger partial charge in [-0.05, 0) is 189 Å². The molecule has 0 radical (unpaired) electrons. The van der Waals surface area contributed by atoms with Crippen LogP contribution in [0.1, 0.15) is 48.2 Å². The number of benzene rings is 2. The van der Waals surface area contributed by atoms with E-state index in [-0.39, 0.29) is 0 Å². The van der Waals surface area contributed by atoms with Crippen molar-refractivity contribution in [2.45, 2.75) is 35.6 Å². The molecule has 8 bridgehead atoms. The second-order valence-electron chi connectivity index (χ2n) is 16.0. The Morgan fingerprint density at radius 1 is 0.667 bits per heavy atom. The number of aromatic nitrogens is 2. The maximum absolute atomic E-state index is 7.80.